The van der Waals surface area contributed by atoms with Crippen LogP contribution in [0, 0.1) is 17.8 Å². The van der Waals surface area contributed by atoms with Crippen LogP contribution >= 0.6 is 0 Å². The monoisotopic (exact) mass is 558 g/mol. The second-order valence-corrected chi connectivity index (χ2v) is 11.2. The molecule has 220 valence electrons. The SMILES string of the molecule is CCC(C)CNCc1cc(N(C)C)c2c(c1O)C(O)=C1C(=O)[C@]3(O)C(O)=C(C(N)=O)C(=O)C[C@@H]3CC1C2.CNC. The Balaban J connectivity index is 0.00000141. The van der Waals surface area contributed by atoms with Crippen molar-refractivity contribution in [3.8, 4) is 5.75 Å². The zero-order valence-electron chi connectivity index (χ0n) is 24.1. The first-order valence-corrected chi connectivity index (χ1v) is 13.6. The van der Waals surface area contributed by atoms with Gasteiger partial charge in [-0.05, 0) is 56.9 Å². The maximum Gasteiger partial charge on any atom is 0.255 e. The number of aliphatic hydroxyl groups excluding tert-OH is 2. The van der Waals surface area contributed by atoms with Crippen LogP contribution in [0.4, 0.5) is 5.69 Å². The Morgan fingerprint density at radius 1 is 1.20 bits per heavy atom. The highest BCUT2D eigenvalue weighted by Crippen LogP contribution is 2.53. The lowest BCUT2D eigenvalue weighted by atomic mass is 9.59. The Hall–Kier alpha value is -3.41. The van der Waals surface area contributed by atoms with Gasteiger partial charge in [0.05, 0.1) is 5.56 Å². The first-order valence-electron chi connectivity index (χ1n) is 13.6. The van der Waals surface area contributed by atoms with E-state index >= 15 is 0 Å². The van der Waals surface area contributed by atoms with Crippen molar-refractivity contribution in [1.29, 1.82) is 0 Å². The molecule has 3 aliphatic rings. The van der Waals surface area contributed by atoms with Crippen molar-refractivity contribution in [3.05, 3.63) is 39.7 Å². The molecule has 0 saturated heterocycles. The van der Waals surface area contributed by atoms with Crippen molar-refractivity contribution in [2.24, 2.45) is 23.5 Å². The summed E-state index contributed by atoms with van der Waals surface area (Å²) < 4.78 is 0. The van der Waals surface area contributed by atoms with Crippen LogP contribution in [0.5, 0.6) is 5.75 Å². The second kappa shape index (κ2) is 12.0. The third-order valence-corrected chi connectivity index (χ3v) is 8.11. The van der Waals surface area contributed by atoms with Crippen molar-refractivity contribution in [2.45, 2.75) is 51.7 Å². The van der Waals surface area contributed by atoms with Crippen molar-refractivity contribution in [1.82, 2.24) is 10.6 Å². The largest absolute Gasteiger partial charge is 0.508 e. The quantitative estimate of drug-likeness (QED) is 0.242. The topological polar surface area (TPSA) is 185 Å². The number of hydrogen-bond acceptors (Lipinski definition) is 10. The van der Waals surface area contributed by atoms with E-state index in [2.05, 4.69) is 24.5 Å². The summed E-state index contributed by atoms with van der Waals surface area (Å²) >= 11 is 0. The number of nitrogens with two attached hydrogens (primary N) is 1. The van der Waals surface area contributed by atoms with Gasteiger partial charge in [-0.25, -0.2) is 0 Å². The zero-order chi connectivity index (χ0) is 30.1. The summed E-state index contributed by atoms with van der Waals surface area (Å²) in [5.74, 6) is -5.79. The molecule has 0 bridgehead atoms. The molecule has 1 fully saturated rings. The first-order chi connectivity index (χ1) is 18.8. The minimum absolute atomic E-state index is 0.106. The third-order valence-electron chi connectivity index (χ3n) is 8.11. The lowest BCUT2D eigenvalue weighted by Crippen LogP contribution is -2.58. The Bertz CT molecular complexity index is 1270. The van der Waals surface area contributed by atoms with Gasteiger partial charge in [0.25, 0.3) is 5.91 Å². The molecule has 4 atom stereocenters. The van der Waals surface area contributed by atoms with Gasteiger partial charge in [-0.15, -0.1) is 0 Å². The molecule has 8 N–H and O–H groups in total. The van der Waals surface area contributed by atoms with E-state index in [0.29, 0.717) is 23.6 Å². The summed E-state index contributed by atoms with van der Waals surface area (Å²) in [6, 6.07) is 1.86. The van der Waals surface area contributed by atoms with E-state index in [9.17, 15) is 34.8 Å². The molecule has 40 heavy (non-hydrogen) atoms. The molecule has 1 amide bonds. The summed E-state index contributed by atoms with van der Waals surface area (Å²) in [5.41, 5.74) is 3.81. The van der Waals surface area contributed by atoms with Crippen LogP contribution in [0.25, 0.3) is 5.76 Å². The molecule has 1 saturated carbocycles. The Morgan fingerprint density at radius 3 is 2.38 bits per heavy atom. The Kier molecular flexibility index (Phi) is 9.33. The standard InChI is InChI=1S/C27H35N3O7.C2H7N/c1-5-12(2)10-29-11-14-8-17(30(3)4)16-7-13-6-15-9-18(31)21(26(28)36)25(35)27(15,37)24(34)19(13)23(33)20(16)22(14)32;1-3-2/h8,12-13,15,29,32-33,35,37H,5-7,9-11H2,1-4H3,(H2,28,36);3H,1-2H3/t12?,13?,15-,27-;/m0./s1. The van der Waals surface area contributed by atoms with E-state index in [0.717, 1.165) is 18.7 Å². The summed E-state index contributed by atoms with van der Waals surface area (Å²) in [6.45, 7) is 5.28. The fourth-order valence-corrected chi connectivity index (χ4v) is 5.85. The maximum absolute atomic E-state index is 13.7. The number of anilines is 1. The molecular weight excluding hydrogens is 516 g/mol. The third kappa shape index (κ3) is 5.21. The van der Waals surface area contributed by atoms with Crippen LogP contribution in [-0.4, -0.2) is 78.2 Å². The number of amides is 1. The van der Waals surface area contributed by atoms with E-state index in [-0.39, 0.29) is 36.1 Å². The predicted molar refractivity (Wildman–Crippen MR) is 152 cm³/mol. The van der Waals surface area contributed by atoms with Gasteiger partial charge in [0.15, 0.2) is 11.4 Å². The van der Waals surface area contributed by atoms with E-state index in [1.54, 1.807) is 0 Å². The van der Waals surface area contributed by atoms with E-state index in [1.807, 2.05) is 39.2 Å². The number of rotatable bonds is 7. The van der Waals surface area contributed by atoms with Gasteiger partial charge >= 0.3 is 0 Å². The van der Waals surface area contributed by atoms with Crippen molar-refractivity contribution in [2.75, 3.05) is 39.6 Å². The normalized spacial score (nSPS) is 24.5. The highest BCUT2D eigenvalue weighted by Gasteiger charge is 2.60. The smallest absolute Gasteiger partial charge is 0.255 e. The number of hydrogen-bond donors (Lipinski definition) is 7. The summed E-state index contributed by atoms with van der Waals surface area (Å²) in [4.78, 5) is 39.8. The number of nitrogens with zero attached hydrogens (tertiary/aromatic N) is 1. The Morgan fingerprint density at radius 2 is 1.82 bits per heavy atom. The number of fused-ring (bicyclic) bond motifs is 3. The van der Waals surface area contributed by atoms with Crippen LogP contribution in [0.2, 0.25) is 0 Å². The number of carbonyl (C=O) groups is 3. The van der Waals surface area contributed by atoms with Gasteiger partial charge in [0.2, 0.25) is 5.78 Å². The second-order valence-electron chi connectivity index (χ2n) is 11.2. The van der Waals surface area contributed by atoms with Gasteiger partial charge in [-0.3, -0.25) is 14.4 Å². The molecule has 4 rings (SSSR count). The number of benzene rings is 1. The number of ketones is 2. The molecule has 2 unspecified atom stereocenters. The summed E-state index contributed by atoms with van der Waals surface area (Å²) in [6.07, 6.45) is 1.04. The molecule has 1 aromatic rings. The molecule has 1 aromatic carbocycles. The molecule has 0 heterocycles. The minimum Gasteiger partial charge on any atom is -0.508 e. The number of phenolic OH excluding ortho intramolecular Hbond substituents is 1. The molecule has 11 nitrogen and oxygen atoms in total. The number of phenols is 1. The number of Topliss-reactive ketones (excluding diaryl/α,β-unsaturated/α-hetero) is 2. The minimum atomic E-state index is -2.56. The van der Waals surface area contributed by atoms with Crippen molar-refractivity contribution >= 4 is 28.9 Å². The molecule has 0 aromatic heterocycles. The van der Waals surface area contributed by atoms with Crippen LogP contribution < -0.4 is 21.3 Å². The lowest BCUT2D eigenvalue weighted by Gasteiger charge is -2.46. The van der Waals surface area contributed by atoms with Gasteiger partial charge in [-0.1, -0.05) is 20.3 Å². The highest BCUT2D eigenvalue weighted by molar-refractivity contribution is 6.22. The molecule has 0 spiro atoms. The van der Waals surface area contributed by atoms with Gasteiger partial charge in [0.1, 0.15) is 22.8 Å². The Labute approximate surface area is 234 Å². The molecule has 3 aliphatic carbocycles. The number of carbonyl (C=O) groups excluding carboxylic acids is 3. The van der Waals surface area contributed by atoms with Gasteiger partial charge in [-0.2, -0.15) is 0 Å². The number of aliphatic hydroxyl groups is 3. The van der Waals surface area contributed by atoms with Gasteiger partial charge in [0, 0.05) is 49.8 Å². The first kappa shape index (κ1) is 31.1. The summed E-state index contributed by atoms with van der Waals surface area (Å²) in [7, 11) is 7.44. The predicted octanol–water partition coefficient (Wildman–Crippen LogP) is 1.46. The highest BCUT2D eigenvalue weighted by atomic mass is 16.3. The fraction of sp³-hybridized carbons (Fsp3) is 0.552. The van der Waals surface area contributed by atoms with Crippen LogP contribution in [0.3, 0.4) is 0 Å². The van der Waals surface area contributed by atoms with Crippen LogP contribution in [0.1, 0.15) is 49.8 Å². The number of nitrogens with one attached hydrogen (secondary N) is 2. The molecule has 0 radical (unpaired) electrons. The fourth-order valence-electron chi connectivity index (χ4n) is 5.85. The maximum atomic E-state index is 13.7. The molecular formula is C29H42N4O7. The van der Waals surface area contributed by atoms with E-state index in [1.165, 1.54) is 0 Å². The average molecular weight is 559 g/mol. The summed E-state index contributed by atoms with van der Waals surface area (Å²) in [5, 5.41) is 50.8. The van der Waals surface area contributed by atoms with Gasteiger partial charge < -0.3 is 41.7 Å². The lowest BCUT2D eigenvalue weighted by molar-refractivity contribution is -0.147. The number of primary amides is 1. The van der Waals surface area contributed by atoms with Crippen LogP contribution in [-0.2, 0) is 27.3 Å². The van der Waals surface area contributed by atoms with Crippen molar-refractivity contribution < 1.29 is 34.8 Å². The van der Waals surface area contributed by atoms with E-state index < -0.39 is 52.0 Å². The molecule has 11 heteroatoms. The van der Waals surface area contributed by atoms with E-state index in [4.69, 9.17) is 5.73 Å². The van der Waals surface area contributed by atoms with Crippen LogP contribution in [0.15, 0.2) is 23.0 Å². The average Bonchev–Trinajstić information content (AvgIpc) is 2.87. The van der Waals surface area contributed by atoms with Crippen molar-refractivity contribution in [3.63, 3.8) is 0 Å². The zero-order valence-corrected chi connectivity index (χ0v) is 24.1. The number of aromatic hydroxyl groups is 1. The molecule has 0 aliphatic heterocycles.